The minimum Gasteiger partial charge on any atom is -0.479 e. The summed E-state index contributed by atoms with van der Waals surface area (Å²) >= 11 is 4.14. The number of methoxy groups -OCH3 is 1. The van der Waals surface area contributed by atoms with E-state index >= 15 is 0 Å². The summed E-state index contributed by atoms with van der Waals surface area (Å²) in [4.78, 5) is 10.6. The van der Waals surface area contributed by atoms with Crippen LogP contribution in [0.5, 0.6) is 0 Å². The van der Waals surface area contributed by atoms with Gasteiger partial charge in [-0.25, -0.2) is 17.9 Å². The summed E-state index contributed by atoms with van der Waals surface area (Å²) in [5, 5.41) is 10.3. The first-order valence-electron chi connectivity index (χ1n) is 4.36. The van der Waals surface area contributed by atoms with Gasteiger partial charge in [-0.05, 0) is 27.4 Å². The normalized spacial score (nSPS) is 13.5. The first kappa shape index (κ1) is 14.6. The van der Waals surface area contributed by atoms with Gasteiger partial charge in [0.15, 0.2) is 6.10 Å². The van der Waals surface area contributed by atoms with Crippen LogP contribution in [0.1, 0.15) is 0 Å². The maximum Gasteiger partial charge on any atom is 0.334 e. The minimum atomic E-state index is -3.71. The molecule has 0 aliphatic rings. The zero-order valence-electron chi connectivity index (χ0n) is 8.71. The van der Waals surface area contributed by atoms with Gasteiger partial charge in [-0.15, -0.1) is 11.3 Å². The first-order valence-corrected chi connectivity index (χ1v) is 7.52. The van der Waals surface area contributed by atoms with Crippen LogP contribution < -0.4 is 4.72 Å². The summed E-state index contributed by atoms with van der Waals surface area (Å²) in [6.07, 6.45) is -1.21. The van der Waals surface area contributed by atoms with Gasteiger partial charge in [0.05, 0.1) is 0 Å². The molecule has 0 saturated carbocycles. The van der Waals surface area contributed by atoms with E-state index < -0.39 is 22.1 Å². The molecule has 0 aliphatic carbocycles. The Morgan fingerprint density at radius 2 is 2.35 bits per heavy atom. The second-order valence-corrected chi connectivity index (χ2v) is 6.70. The summed E-state index contributed by atoms with van der Waals surface area (Å²) in [6, 6.07) is 1.60. The number of carboxylic acids is 1. The highest BCUT2D eigenvalue weighted by atomic mass is 79.9. The molecule has 0 amide bonds. The van der Waals surface area contributed by atoms with Crippen molar-refractivity contribution in [3.8, 4) is 0 Å². The van der Waals surface area contributed by atoms with Crippen LogP contribution in [0.2, 0.25) is 0 Å². The first-order chi connectivity index (χ1) is 7.88. The lowest BCUT2D eigenvalue weighted by Gasteiger charge is -2.11. The lowest BCUT2D eigenvalue weighted by atomic mass is 10.4. The number of ether oxygens (including phenoxy) is 1. The molecule has 1 atom stereocenters. The smallest absolute Gasteiger partial charge is 0.334 e. The van der Waals surface area contributed by atoms with Gasteiger partial charge in [-0.1, -0.05) is 0 Å². The minimum absolute atomic E-state index is 0.109. The molecule has 96 valence electrons. The Labute approximate surface area is 111 Å². The number of thiophene rings is 1. The third kappa shape index (κ3) is 3.75. The van der Waals surface area contributed by atoms with E-state index in [4.69, 9.17) is 5.11 Å². The van der Waals surface area contributed by atoms with Crippen molar-refractivity contribution >= 4 is 43.3 Å². The van der Waals surface area contributed by atoms with Gasteiger partial charge in [-0.2, -0.15) is 0 Å². The van der Waals surface area contributed by atoms with E-state index in [-0.39, 0.29) is 10.8 Å². The zero-order chi connectivity index (χ0) is 13.1. The monoisotopic (exact) mass is 343 g/mol. The SMILES string of the molecule is CO[C@@H](CNS(=O)(=O)c1sccc1Br)C(=O)O. The number of sulfonamides is 1. The maximum atomic E-state index is 11.8. The van der Waals surface area contributed by atoms with E-state index in [1.807, 2.05) is 0 Å². The molecule has 0 spiro atoms. The number of halogens is 1. The van der Waals surface area contributed by atoms with Crippen LogP contribution in [-0.4, -0.2) is 39.3 Å². The van der Waals surface area contributed by atoms with Crippen LogP contribution in [0.3, 0.4) is 0 Å². The van der Waals surface area contributed by atoms with Crippen molar-refractivity contribution in [3.05, 3.63) is 15.9 Å². The van der Waals surface area contributed by atoms with E-state index in [9.17, 15) is 13.2 Å². The van der Waals surface area contributed by atoms with Gasteiger partial charge in [0.2, 0.25) is 0 Å². The predicted molar refractivity (Wildman–Crippen MR) is 65.6 cm³/mol. The third-order valence-corrected chi connectivity index (χ3v) is 5.94. The summed E-state index contributed by atoms with van der Waals surface area (Å²) in [6.45, 7) is -0.321. The fourth-order valence-electron chi connectivity index (χ4n) is 0.994. The third-order valence-electron chi connectivity index (χ3n) is 1.85. The molecule has 17 heavy (non-hydrogen) atoms. The highest BCUT2D eigenvalue weighted by Gasteiger charge is 2.23. The van der Waals surface area contributed by atoms with Crippen molar-refractivity contribution in [3.63, 3.8) is 0 Å². The lowest BCUT2D eigenvalue weighted by molar-refractivity contribution is -0.147. The van der Waals surface area contributed by atoms with E-state index in [0.29, 0.717) is 4.47 Å². The molecule has 2 N–H and O–H groups in total. The molecule has 0 saturated heterocycles. The highest BCUT2D eigenvalue weighted by molar-refractivity contribution is 9.10. The van der Waals surface area contributed by atoms with Crippen molar-refractivity contribution in [2.24, 2.45) is 0 Å². The molecule has 1 heterocycles. The van der Waals surface area contributed by atoms with Gasteiger partial charge in [0.1, 0.15) is 4.21 Å². The van der Waals surface area contributed by atoms with E-state index in [1.165, 1.54) is 7.11 Å². The van der Waals surface area contributed by atoms with Crippen LogP contribution >= 0.6 is 27.3 Å². The number of carboxylic acid groups (broad SMARTS) is 1. The van der Waals surface area contributed by atoms with Crippen molar-refractivity contribution < 1.29 is 23.1 Å². The number of hydrogen-bond acceptors (Lipinski definition) is 5. The van der Waals surface area contributed by atoms with Gasteiger partial charge >= 0.3 is 5.97 Å². The second kappa shape index (κ2) is 5.91. The van der Waals surface area contributed by atoms with Crippen molar-refractivity contribution in [1.29, 1.82) is 0 Å². The number of hydrogen-bond donors (Lipinski definition) is 2. The standard InChI is InChI=1S/C8H10BrNO5S2/c1-15-6(7(11)12)4-10-17(13,14)8-5(9)2-3-16-8/h2-3,6,10H,4H2,1H3,(H,11,12)/t6-/m0/s1. The molecule has 0 bridgehead atoms. The van der Waals surface area contributed by atoms with Crippen LogP contribution in [0.4, 0.5) is 0 Å². The van der Waals surface area contributed by atoms with Crippen molar-refractivity contribution in [2.75, 3.05) is 13.7 Å². The molecule has 6 nitrogen and oxygen atoms in total. The van der Waals surface area contributed by atoms with E-state index in [2.05, 4.69) is 25.4 Å². The van der Waals surface area contributed by atoms with Crippen molar-refractivity contribution in [2.45, 2.75) is 10.3 Å². The molecule has 0 unspecified atom stereocenters. The Morgan fingerprint density at radius 3 is 2.76 bits per heavy atom. The molecular weight excluding hydrogens is 334 g/mol. The van der Waals surface area contributed by atoms with Gasteiger partial charge in [-0.3, -0.25) is 0 Å². The number of nitrogens with one attached hydrogen (secondary N) is 1. The van der Waals surface area contributed by atoms with Gasteiger partial charge in [0, 0.05) is 18.1 Å². The molecule has 1 rings (SSSR count). The summed E-state index contributed by atoms with van der Waals surface area (Å²) in [7, 11) is -2.51. The lowest BCUT2D eigenvalue weighted by Crippen LogP contribution is -2.37. The van der Waals surface area contributed by atoms with Crippen LogP contribution in [0.25, 0.3) is 0 Å². The highest BCUT2D eigenvalue weighted by Crippen LogP contribution is 2.27. The second-order valence-electron chi connectivity index (χ2n) is 2.97. The fraction of sp³-hybridized carbons (Fsp3) is 0.375. The van der Waals surface area contributed by atoms with Crippen LogP contribution in [0, 0.1) is 0 Å². The van der Waals surface area contributed by atoms with E-state index in [0.717, 1.165) is 11.3 Å². The van der Waals surface area contributed by atoms with Crippen LogP contribution in [0.15, 0.2) is 20.1 Å². The summed E-state index contributed by atoms with van der Waals surface area (Å²) in [5.74, 6) is -1.22. The molecule has 0 radical (unpaired) electrons. The molecular formula is C8H10BrNO5S2. The number of rotatable bonds is 6. The molecule has 9 heteroatoms. The average Bonchev–Trinajstić information content (AvgIpc) is 2.65. The molecule has 1 aromatic heterocycles. The molecule has 0 aromatic carbocycles. The van der Waals surface area contributed by atoms with E-state index in [1.54, 1.807) is 11.4 Å². The molecule has 0 fully saturated rings. The Bertz CT molecular complexity index is 498. The number of carbonyl (C=O) groups is 1. The quantitative estimate of drug-likeness (QED) is 0.800. The Morgan fingerprint density at radius 1 is 1.71 bits per heavy atom. The average molecular weight is 344 g/mol. The van der Waals surface area contributed by atoms with Gasteiger partial charge in [0.25, 0.3) is 10.0 Å². The maximum absolute atomic E-state index is 11.8. The Hall–Kier alpha value is -0.480. The Balaban J connectivity index is 2.75. The Kier molecular flexibility index (Phi) is 5.07. The fourth-order valence-corrected chi connectivity index (χ4v) is 4.41. The molecule has 1 aromatic rings. The topological polar surface area (TPSA) is 92.7 Å². The van der Waals surface area contributed by atoms with Gasteiger partial charge < -0.3 is 9.84 Å². The summed E-state index contributed by atoms with van der Waals surface area (Å²) < 4.78 is 30.9. The van der Waals surface area contributed by atoms with Crippen molar-refractivity contribution in [1.82, 2.24) is 4.72 Å². The largest absolute Gasteiger partial charge is 0.479 e. The van der Waals surface area contributed by atoms with Crippen LogP contribution in [-0.2, 0) is 19.6 Å². The predicted octanol–water partition coefficient (Wildman–Crippen LogP) is 0.889. The number of aliphatic carboxylic acids is 1. The summed E-state index contributed by atoms with van der Waals surface area (Å²) in [5.41, 5.74) is 0. The zero-order valence-corrected chi connectivity index (χ0v) is 11.9. The molecule has 0 aliphatic heterocycles.